The molecule has 1 N–H and O–H groups in total. The Balaban J connectivity index is 1.64. The maximum atomic E-state index is 13.1. The number of ether oxygens (including phenoxy) is 1. The maximum Gasteiger partial charge on any atom is 0.303 e. The number of fused-ring (bicyclic) bond motifs is 2. The first kappa shape index (κ1) is 20.5. The van der Waals surface area contributed by atoms with Gasteiger partial charge in [-0.25, -0.2) is 12.4 Å². The molecule has 1 aliphatic heterocycles. The molecule has 0 spiro atoms. The molecule has 0 atom stereocenters. The molecule has 8 heteroatoms. The Kier molecular flexibility index (Phi) is 5.58. The van der Waals surface area contributed by atoms with Crippen LogP contribution in [0.4, 0.5) is 0 Å². The topological polar surface area (TPSA) is 85.6 Å². The molecule has 0 radical (unpaired) electrons. The van der Waals surface area contributed by atoms with Crippen LogP contribution in [-0.4, -0.2) is 35.8 Å². The van der Waals surface area contributed by atoms with Crippen molar-refractivity contribution >= 4 is 44.6 Å². The number of hydrogen-bond acceptors (Lipinski definition) is 4. The van der Waals surface area contributed by atoms with Gasteiger partial charge in [0.05, 0.1) is 24.3 Å². The first-order valence-corrected chi connectivity index (χ1v) is 11.5. The van der Waals surface area contributed by atoms with E-state index in [1.54, 1.807) is 36.4 Å². The summed E-state index contributed by atoms with van der Waals surface area (Å²) in [6.45, 7) is 0.667. The largest absolute Gasteiger partial charge is 0.493 e. The zero-order chi connectivity index (χ0) is 21.3. The monoisotopic (exact) mass is 445 g/mol. The lowest BCUT2D eigenvalue weighted by Gasteiger charge is -2.10. The molecule has 0 saturated heterocycles. The van der Waals surface area contributed by atoms with Crippen molar-refractivity contribution in [2.24, 2.45) is 0 Å². The third-order valence-corrected chi connectivity index (χ3v) is 6.83. The van der Waals surface area contributed by atoms with Gasteiger partial charge in [-0.05, 0) is 53.9 Å². The highest BCUT2D eigenvalue weighted by molar-refractivity contribution is 7.90. The van der Waals surface area contributed by atoms with Gasteiger partial charge in [-0.1, -0.05) is 29.8 Å². The summed E-state index contributed by atoms with van der Waals surface area (Å²) in [7, 11) is -3.75. The van der Waals surface area contributed by atoms with Crippen LogP contribution in [0, 0.1) is 0 Å². The first-order chi connectivity index (χ1) is 14.3. The highest BCUT2D eigenvalue weighted by atomic mass is 35.5. The molecule has 6 nitrogen and oxygen atoms in total. The third kappa shape index (κ3) is 4.22. The summed E-state index contributed by atoms with van der Waals surface area (Å²) >= 11 is 6.04. The van der Waals surface area contributed by atoms with Crippen molar-refractivity contribution in [3.63, 3.8) is 0 Å². The zero-order valence-corrected chi connectivity index (χ0v) is 17.6. The fraction of sp³-hybridized carbons (Fsp3) is 0.227. The van der Waals surface area contributed by atoms with Gasteiger partial charge >= 0.3 is 5.97 Å². The number of hydrogen-bond donors (Lipinski definition) is 1. The second-order valence-electron chi connectivity index (χ2n) is 7.14. The van der Waals surface area contributed by atoms with E-state index < -0.39 is 16.0 Å². The lowest BCUT2D eigenvalue weighted by Crippen LogP contribution is -2.18. The van der Waals surface area contributed by atoms with Gasteiger partial charge in [0.15, 0.2) is 0 Å². The van der Waals surface area contributed by atoms with Gasteiger partial charge < -0.3 is 9.84 Å². The molecule has 156 valence electrons. The molecule has 2 heterocycles. The van der Waals surface area contributed by atoms with E-state index in [0.29, 0.717) is 28.2 Å². The molecule has 0 fully saturated rings. The van der Waals surface area contributed by atoms with E-state index in [1.807, 2.05) is 18.2 Å². The molecule has 0 amide bonds. The van der Waals surface area contributed by atoms with E-state index in [2.05, 4.69) is 0 Å². The average Bonchev–Trinajstić information content (AvgIpc) is 3.29. The van der Waals surface area contributed by atoms with Crippen molar-refractivity contribution in [2.75, 3.05) is 12.4 Å². The molecule has 4 rings (SSSR count). The molecule has 0 unspecified atom stereocenters. The fourth-order valence-corrected chi connectivity index (χ4v) is 5.28. The van der Waals surface area contributed by atoms with Gasteiger partial charge in [-0.15, -0.1) is 0 Å². The summed E-state index contributed by atoms with van der Waals surface area (Å²) in [6.07, 6.45) is 4.17. The Bertz CT molecular complexity index is 1260. The Morgan fingerprint density at radius 3 is 2.83 bits per heavy atom. The molecule has 1 aromatic heterocycles. The van der Waals surface area contributed by atoms with Crippen LogP contribution in [0.2, 0.25) is 5.02 Å². The third-order valence-electron chi connectivity index (χ3n) is 5.00. The zero-order valence-electron chi connectivity index (χ0n) is 16.0. The second-order valence-corrected chi connectivity index (χ2v) is 9.44. The Labute approximate surface area is 179 Å². The lowest BCUT2D eigenvalue weighted by molar-refractivity contribution is -0.136. The number of aryl methyl sites for hydroxylation is 1. The molecular weight excluding hydrogens is 426 g/mol. The number of carbonyl (C=O) groups is 1. The average molecular weight is 446 g/mol. The van der Waals surface area contributed by atoms with Crippen LogP contribution in [0.25, 0.3) is 17.0 Å². The van der Waals surface area contributed by atoms with Crippen molar-refractivity contribution in [2.45, 2.75) is 19.3 Å². The number of carboxylic acid groups (broad SMARTS) is 1. The summed E-state index contributed by atoms with van der Waals surface area (Å²) in [5.74, 6) is -0.324. The van der Waals surface area contributed by atoms with Gasteiger partial charge in [0, 0.05) is 22.5 Å². The number of aromatic nitrogens is 1. The Morgan fingerprint density at radius 1 is 1.20 bits per heavy atom. The van der Waals surface area contributed by atoms with Crippen molar-refractivity contribution in [3.05, 3.63) is 70.4 Å². The van der Waals surface area contributed by atoms with Crippen molar-refractivity contribution in [3.8, 4) is 5.75 Å². The van der Waals surface area contributed by atoms with Crippen LogP contribution < -0.4 is 4.74 Å². The SMILES string of the molecule is O=C(O)CCc1cc2cc(Cl)ccc2n1S(=O)(=O)CC=Cc1ccc2c(c1)CCO2. The normalized spacial score (nSPS) is 13.6. The van der Waals surface area contributed by atoms with Gasteiger partial charge in [0.2, 0.25) is 10.0 Å². The minimum Gasteiger partial charge on any atom is -0.493 e. The molecular formula is C22H20ClNO5S. The number of aliphatic carboxylic acids is 1. The number of halogens is 1. The Morgan fingerprint density at radius 2 is 2.03 bits per heavy atom. The van der Waals surface area contributed by atoms with E-state index >= 15 is 0 Å². The van der Waals surface area contributed by atoms with Crippen LogP contribution in [-0.2, 0) is 27.7 Å². The lowest BCUT2D eigenvalue weighted by atomic mass is 10.1. The molecule has 1 aliphatic rings. The summed E-state index contributed by atoms with van der Waals surface area (Å²) in [6, 6.07) is 12.4. The predicted octanol–water partition coefficient (Wildman–Crippen LogP) is 4.14. The minimum atomic E-state index is -3.75. The number of rotatable bonds is 7. The summed E-state index contributed by atoms with van der Waals surface area (Å²) < 4.78 is 33.0. The summed E-state index contributed by atoms with van der Waals surface area (Å²) in [4.78, 5) is 11.0. The molecule has 0 aliphatic carbocycles. The highest BCUT2D eigenvalue weighted by Crippen LogP contribution is 2.28. The van der Waals surface area contributed by atoms with Gasteiger partial charge in [0.1, 0.15) is 5.75 Å². The van der Waals surface area contributed by atoms with E-state index in [4.69, 9.17) is 21.4 Å². The minimum absolute atomic E-state index is 0.107. The van der Waals surface area contributed by atoms with Crippen LogP contribution in [0.5, 0.6) is 5.75 Å². The fourth-order valence-electron chi connectivity index (χ4n) is 3.65. The van der Waals surface area contributed by atoms with Crippen molar-refractivity contribution in [1.82, 2.24) is 3.97 Å². The van der Waals surface area contributed by atoms with Crippen LogP contribution in [0.3, 0.4) is 0 Å². The molecule has 0 bridgehead atoms. The van der Waals surface area contributed by atoms with Gasteiger partial charge in [-0.3, -0.25) is 4.79 Å². The highest BCUT2D eigenvalue weighted by Gasteiger charge is 2.20. The van der Waals surface area contributed by atoms with Gasteiger partial charge in [0.25, 0.3) is 0 Å². The van der Waals surface area contributed by atoms with E-state index in [0.717, 1.165) is 23.3 Å². The smallest absolute Gasteiger partial charge is 0.303 e. The predicted molar refractivity (Wildman–Crippen MR) is 117 cm³/mol. The van der Waals surface area contributed by atoms with Crippen LogP contribution in [0.1, 0.15) is 23.2 Å². The van der Waals surface area contributed by atoms with Gasteiger partial charge in [-0.2, -0.15) is 0 Å². The second kappa shape index (κ2) is 8.16. The standard InChI is InChI=1S/C22H20ClNO5S/c23-18-4-6-20-17(13-18)14-19(5-8-22(25)26)24(20)30(27,28)11-1-2-15-3-7-21-16(12-15)9-10-29-21/h1-4,6-7,12-14H,5,8-11H2,(H,25,26). The molecule has 2 aromatic carbocycles. The molecule has 3 aromatic rings. The molecule has 30 heavy (non-hydrogen) atoms. The van der Waals surface area contributed by atoms with Crippen molar-refractivity contribution < 1.29 is 23.1 Å². The summed E-state index contributed by atoms with van der Waals surface area (Å²) in [5, 5.41) is 10.2. The van der Waals surface area contributed by atoms with E-state index in [-0.39, 0.29) is 18.6 Å². The van der Waals surface area contributed by atoms with Crippen molar-refractivity contribution in [1.29, 1.82) is 0 Å². The van der Waals surface area contributed by atoms with E-state index in [9.17, 15) is 13.2 Å². The quantitative estimate of drug-likeness (QED) is 0.590. The number of benzene rings is 2. The van der Waals surface area contributed by atoms with Crippen LogP contribution >= 0.6 is 11.6 Å². The maximum absolute atomic E-state index is 13.1. The van der Waals surface area contributed by atoms with Crippen LogP contribution in [0.15, 0.2) is 48.5 Å². The number of nitrogens with zero attached hydrogens (tertiary/aromatic N) is 1. The summed E-state index contributed by atoms with van der Waals surface area (Å²) in [5.41, 5.74) is 2.94. The van der Waals surface area contributed by atoms with E-state index in [1.165, 1.54) is 3.97 Å². The Hall–Kier alpha value is -2.77. The number of carboxylic acids is 1. The molecule has 0 saturated carbocycles. The first-order valence-electron chi connectivity index (χ1n) is 9.51.